The fourth-order valence-corrected chi connectivity index (χ4v) is 1.52. The molecule has 0 radical (unpaired) electrons. The molecule has 15 heavy (non-hydrogen) atoms. The van der Waals surface area contributed by atoms with E-state index in [-0.39, 0.29) is 0 Å². The zero-order valence-electron chi connectivity index (χ0n) is 9.25. The average Bonchev–Trinajstić information content (AvgIpc) is 2.29. The molecule has 0 aromatic heterocycles. The minimum Gasteiger partial charge on any atom is -0.493 e. The summed E-state index contributed by atoms with van der Waals surface area (Å²) in [7, 11) is 1.64. The number of alkyl halides is 1. The molecule has 3 heteroatoms. The van der Waals surface area contributed by atoms with Crippen molar-refractivity contribution in [1.29, 1.82) is 0 Å². The van der Waals surface area contributed by atoms with E-state index in [9.17, 15) is 0 Å². The van der Waals surface area contributed by atoms with Crippen LogP contribution >= 0.6 is 11.6 Å². The quantitative estimate of drug-likeness (QED) is 0.547. The zero-order valence-corrected chi connectivity index (χ0v) is 10.0. The van der Waals surface area contributed by atoms with Crippen molar-refractivity contribution in [3.63, 3.8) is 0 Å². The standard InChI is InChI=1S/C12H17ClO2/c1-3-4-8-15-12-10(9-13)6-5-7-11(12)14-2/h5-7H,3-4,8-9H2,1-2H3. The van der Waals surface area contributed by atoms with Crippen molar-refractivity contribution < 1.29 is 9.47 Å². The van der Waals surface area contributed by atoms with Crippen LogP contribution in [0.3, 0.4) is 0 Å². The molecule has 0 unspecified atom stereocenters. The lowest BCUT2D eigenvalue weighted by Gasteiger charge is -2.13. The largest absolute Gasteiger partial charge is 0.493 e. The van der Waals surface area contributed by atoms with Crippen LogP contribution in [0.4, 0.5) is 0 Å². The van der Waals surface area contributed by atoms with Gasteiger partial charge in [-0.25, -0.2) is 0 Å². The lowest BCUT2D eigenvalue weighted by atomic mass is 10.2. The Morgan fingerprint density at radius 3 is 2.73 bits per heavy atom. The predicted molar refractivity (Wildman–Crippen MR) is 63.0 cm³/mol. The Labute approximate surface area is 96.2 Å². The van der Waals surface area contributed by atoms with Crippen LogP contribution in [0.1, 0.15) is 25.3 Å². The Hall–Kier alpha value is -0.890. The van der Waals surface area contributed by atoms with Crippen molar-refractivity contribution in [3.8, 4) is 11.5 Å². The van der Waals surface area contributed by atoms with Crippen molar-refractivity contribution >= 4 is 11.6 Å². The highest BCUT2D eigenvalue weighted by Gasteiger charge is 2.08. The molecule has 0 heterocycles. The van der Waals surface area contributed by atoms with E-state index in [1.54, 1.807) is 7.11 Å². The van der Waals surface area contributed by atoms with Crippen molar-refractivity contribution in [1.82, 2.24) is 0 Å². The van der Waals surface area contributed by atoms with Gasteiger partial charge in [0.05, 0.1) is 19.6 Å². The zero-order chi connectivity index (χ0) is 11.1. The normalized spacial score (nSPS) is 10.1. The third-order valence-electron chi connectivity index (χ3n) is 2.17. The number of para-hydroxylation sites is 1. The number of ether oxygens (including phenoxy) is 2. The Bertz CT molecular complexity index is 277. The summed E-state index contributed by atoms with van der Waals surface area (Å²) in [5.74, 6) is 1.98. The molecule has 0 fully saturated rings. The Morgan fingerprint density at radius 2 is 2.13 bits per heavy atom. The van der Waals surface area contributed by atoms with Crippen molar-refractivity contribution in [3.05, 3.63) is 23.8 Å². The van der Waals surface area contributed by atoms with E-state index in [1.807, 2.05) is 18.2 Å². The maximum Gasteiger partial charge on any atom is 0.165 e. The summed E-state index contributed by atoms with van der Waals surface area (Å²) in [6, 6.07) is 5.76. The van der Waals surface area contributed by atoms with E-state index in [0.717, 1.165) is 29.9 Å². The molecule has 0 atom stereocenters. The smallest absolute Gasteiger partial charge is 0.165 e. The monoisotopic (exact) mass is 228 g/mol. The number of hydrogen-bond acceptors (Lipinski definition) is 2. The van der Waals surface area contributed by atoms with Crippen LogP contribution in [0.15, 0.2) is 18.2 Å². The van der Waals surface area contributed by atoms with Gasteiger partial charge in [0.1, 0.15) is 0 Å². The molecule has 1 aromatic rings. The first kappa shape index (κ1) is 12.2. The molecule has 0 saturated carbocycles. The molecule has 0 spiro atoms. The van der Waals surface area contributed by atoms with Crippen LogP contribution in [-0.2, 0) is 5.88 Å². The molecule has 0 N–H and O–H groups in total. The summed E-state index contributed by atoms with van der Waals surface area (Å²) in [4.78, 5) is 0. The van der Waals surface area contributed by atoms with Gasteiger partial charge in [-0.2, -0.15) is 0 Å². The van der Waals surface area contributed by atoms with Crippen molar-refractivity contribution in [2.24, 2.45) is 0 Å². The number of methoxy groups -OCH3 is 1. The fourth-order valence-electron chi connectivity index (χ4n) is 1.31. The Kier molecular flexibility index (Phi) is 5.33. The maximum atomic E-state index is 5.84. The molecule has 0 aliphatic heterocycles. The van der Waals surface area contributed by atoms with Gasteiger partial charge < -0.3 is 9.47 Å². The molecular weight excluding hydrogens is 212 g/mol. The minimum atomic E-state index is 0.443. The van der Waals surface area contributed by atoms with Crippen LogP contribution in [0.25, 0.3) is 0 Å². The van der Waals surface area contributed by atoms with Gasteiger partial charge in [0, 0.05) is 5.56 Å². The van der Waals surface area contributed by atoms with Gasteiger partial charge in [-0.1, -0.05) is 25.5 Å². The summed E-state index contributed by atoms with van der Waals surface area (Å²) >= 11 is 5.84. The van der Waals surface area contributed by atoms with E-state index in [4.69, 9.17) is 21.1 Å². The van der Waals surface area contributed by atoms with Crippen LogP contribution < -0.4 is 9.47 Å². The van der Waals surface area contributed by atoms with E-state index in [1.165, 1.54) is 0 Å². The van der Waals surface area contributed by atoms with Gasteiger partial charge in [-0.05, 0) is 12.5 Å². The first-order valence-corrected chi connectivity index (χ1v) is 5.71. The average molecular weight is 229 g/mol. The summed E-state index contributed by atoms with van der Waals surface area (Å²) < 4.78 is 10.9. The van der Waals surface area contributed by atoms with Crippen LogP contribution in [0, 0.1) is 0 Å². The van der Waals surface area contributed by atoms with Gasteiger partial charge in [0.15, 0.2) is 11.5 Å². The van der Waals surface area contributed by atoms with Crippen LogP contribution in [0.5, 0.6) is 11.5 Å². The van der Waals surface area contributed by atoms with Crippen molar-refractivity contribution in [2.45, 2.75) is 25.6 Å². The SMILES string of the molecule is CCCCOc1c(CCl)cccc1OC. The maximum absolute atomic E-state index is 5.84. The summed E-state index contributed by atoms with van der Waals surface area (Å²) in [6.45, 7) is 2.84. The number of benzene rings is 1. The van der Waals surface area contributed by atoms with E-state index >= 15 is 0 Å². The lowest BCUT2D eigenvalue weighted by Crippen LogP contribution is -2.01. The number of halogens is 1. The Morgan fingerprint density at radius 1 is 1.33 bits per heavy atom. The topological polar surface area (TPSA) is 18.5 Å². The fraction of sp³-hybridized carbons (Fsp3) is 0.500. The lowest BCUT2D eigenvalue weighted by molar-refractivity contribution is 0.286. The third-order valence-corrected chi connectivity index (χ3v) is 2.46. The first-order chi connectivity index (χ1) is 7.33. The molecule has 1 aromatic carbocycles. The van der Waals surface area contributed by atoms with Gasteiger partial charge in [0.25, 0.3) is 0 Å². The van der Waals surface area contributed by atoms with E-state index in [2.05, 4.69) is 6.92 Å². The van der Waals surface area contributed by atoms with Crippen LogP contribution in [0.2, 0.25) is 0 Å². The number of unbranched alkanes of at least 4 members (excludes halogenated alkanes) is 1. The number of rotatable bonds is 6. The second kappa shape index (κ2) is 6.57. The molecule has 1 rings (SSSR count). The van der Waals surface area contributed by atoms with Gasteiger partial charge in [-0.3, -0.25) is 0 Å². The second-order valence-electron chi connectivity index (χ2n) is 3.28. The molecule has 0 aliphatic carbocycles. The summed E-state index contributed by atoms with van der Waals surface area (Å²) in [5, 5.41) is 0. The van der Waals surface area contributed by atoms with Crippen molar-refractivity contribution in [2.75, 3.05) is 13.7 Å². The highest BCUT2D eigenvalue weighted by molar-refractivity contribution is 6.17. The Balaban J connectivity index is 2.80. The molecular formula is C12H17ClO2. The third kappa shape index (κ3) is 3.31. The van der Waals surface area contributed by atoms with E-state index < -0.39 is 0 Å². The molecule has 0 saturated heterocycles. The van der Waals surface area contributed by atoms with Gasteiger partial charge in [0.2, 0.25) is 0 Å². The highest BCUT2D eigenvalue weighted by Crippen LogP contribution is 2.32. The minimum absolute atomic E-state index is 0.443. The van der Waals surface area contributed by atoms with Crippen LogP contribution in [-0.4, -0.2) is 13.7 Å². The highest BCUT2D eigenvalue weighted by atomic mass is 35.5. The molecule has 2 nitrogen and oxygen atoms in total. The predicted octanol–water partition coefficient (Wildman–Crippen LogP) is 3.61. The molecule has 0 bridgehead atoms. The van der Waals surface area contributed by atoms with Gasteiger partial charge in [-0.15, -0.1) is 11.6 Å². The van der Waals surface area contributed by atoms with E-state index in [0.29, 0.717) is 12.5 Å². The molecule has 84 valence electrons. The summed E-state index contributed by atoms with van der Waals surface area (Å²) in [6.07, 6.45) is 2.16. The second-order valence-corrected chi connectivity index (χ2v) is 3.55. The number of hydrogen-bond donors (Lipinski definition) is 0. The molecule has 0 aliphatic rings. The van der Waals surface area contributed by atoms with Gasteiger partial charge >= 0.3 is 0 Å². The first-order valence-electron chi connectivity index (χ1n) is 5.18. The molecule has 0 amide bonds. The summed E-state index contributed by atoms with van der Waals surface area (Å²) in [5.41, 5.74) is 0.979.